The molecule has 0 spiro atoms. The Bertz CT molecular complexity index is 578. The zero-order valence-corrected chi connectivity index (χ0v) is 13.6. The number of thioether (sulfide) groups is 2. The fourth-order valence-electron chi connectivity index (χ4n) is 1.62. The minimum atomic E-state index is -0.358. The number of hydrogen-bond donors (Lipinski definition) is 2. The number of amides is 2. The molecule has 22 heavy (non-hydrogen) atoms. The first-order valence-electron chi connectivity index (χ1n) is 6.70. The summed E-state index contributed by atoms with van der Waals surface area (Å²) >= 11 is 2.75. The van der Waals surface area contributed by atoms with Crippen LogP contribution in [0.15, 0.2) is 29.3 Å². The molecule has 2 rings (SSSR count). The third-order valence-corrected chi connectivity index (χ3v) is 4.81. The second-order valence-electron chi connectivity index (χ2n) is 4.53. The Morgan fingerprint density at radius 2 is 2.09 bits per heavy atom. The van der Waals surface area contributed by atoms with E-state index in [1.165, 1.54) is 47.8 Å². The molecule has 0 saturated carbocycles. The van der Waals surface area contributed by atoms with E-state index in [2.05, 4.69) is 15.6 Å². The molecule has 0 aromatic heterocycles. The zero-order chi connectivity index (χ0) is 15.9. The molecule has 0 aliphatic carbocycles. The largest absolute Gasteiger partial charge is 0.325 e. The molecule has 5 nitrogen and oxygen atoms in total. The van der Waals surface area contributed by atoms with E-state index in [1.54, 1.807) is 6.92 Å². The smallest absolute Gasteiger partial charge is 0.238 e. The highest BCUT2D eigenvalue weighted by Crippen LogP contribution is 2.15. The Hall–Kier alpha value is -1.54. The van der Waals surface area contributed by atoms with Crippen molar-refractivity contribution in [2.75, 3.05) is 23.4 Å². The molecular weight excluding hydrogens is 325 g/mol. The lowest BCUT2D eigenvalue weighted by atomic mass is 10.3. The fourth-order valence-corrected chi connectivity index (χ4v) is 3.04. The lowest BCUT2D eigenvalue weighted by Crippen LogP contribution is -2.34. The first-order valence-corrected chi connectivity index (χ1v) is 8.73. The Balaban J connectivity index is 1.72. The van der Waals surface area contributed by atoms with Crippen LogP contribution in [0, 0.1) is 5.82 Å². The summed E-state index contributed by atoms with van der Waals surface area (Å²) < 4.78 is 12.8. The number of halogens is 1. The van der Waals surface area contributed by atoms with Crippen molar-refractivity contribution in [3.63, 3.8) is 0 Å². The maximum absolute atomic E-state index is 12.8. The van der Waals surface area contributed by atoms with Crippen molar-refractivity contribution >= 4 is 46.2 Å². The lowest BCUT2D eigenvalue weighted by Gasteiger charge is -2.11. The van der Waals surface area contributed by atoms with E-state index in [4.69, 9.17) is 0 Å². The predicted molar refractivity (Wildman–Crippen MR) is 89.9 cm³/mol. The summed E-state index contributed by atoms with van der Waals surface area (Å²) in [5, 5.41) is 5.68. The summed E-state index contributed by atoms with van der Waals surface area (Å²) in [6.45, 7) is 2.47. The van der Waals surface area contributed by atoms with Crippen molar-refractivity contribution in [1.29, 1.82) is 0 Å². The minimum absolute atomic E-state index is 0.144. The fraction of sp³-hybridized carbons (Fsp3) is 0.357. The summed E-state index contributed by atoms with van der Waals surface area (Å²) in [4.78, 5) is 27.8. The van der Waals surface area contributed by atoms with Crippen LogP contribution in [0.4, 0.5) is 10.1 Å². The van der Waals surface area contributed by atoms with E-state index in [-0.39, 0.29) is 28.6 Å². The average molecular weight is 341 g/mol. The van der Waals surface area contributed by atoms with Gasteiger partial charge in [0.1, 0.15) is 5.82 Å². The van der Waals surface area contributed by atoms with Gasteiger partial charge < -0.3 is 10.6 Å². The van der Waals surface area contributed by atoms with E-state index in [9.17, 15) is 14.0 Å². The van der Waals surface area contributed by atoms with Crippen molar-refractivity contribution in [2.24, 2.45) is 4.99 Å². The molecule has 0 bridgehead atoms. The van der Waals surface area contributed by atoms with Gasteiger partial charge in [-0.05, 0) is 31.2 Å². The first-order chi connectivity index (χ1) is 10.5. The number of rotatable bonds is 5. The number of hydrogen-bond acceptors (Lipinski definition) is 5. The molecule has 1 heterocycles. The van der Waals surface area contributed by atoms with Crippen molar-refractivity contribution in [1.82, 2.24) is 5.32 Å². The van der Waals surface area contributed by atoms with Crippen LogP contribution in [-0.2, 0) is 9.59 Å². The third kappa shape index (κ3) is 5.34. The minimum Gasteiger partial charge on any atom is -0.325 e. The molecule has 1 aromatic rings. The maximum Gasteiger partial charge on any atom is 0.238 e. The molecule has 1 aromatic carbocycles. The molecule has 0 radical (unpaired) electrons. The van der Waals surface area contributed by atoms with Crippen LogP contribution >= 0.6 is 23.5 Å². The highest BCUT2D eigenvalue weighted by Gasteiger charge is 2.18. The topological polar surface area (TPSA) is 70.6 Å². The molecular formula is C14H16FN3O2S2. The number of nitrogens with one attached hydrogen (secondary N) is 2. The van der Waals surface area contributed by atoms with Gasteiger partial charge in [-0.3, -0.25) is 14.6 Å². The molecule has 0 fully saturated rings. The van der Waals surface area contributed by atoms with Gasteiger partial charge in [-0.15, -0.1) is 11.8 Å². The molecule has 1 aliphatic rings. The number of nitrogens with zero attached hydrogens (tertiary/aromatic N) is 1. The van der Waals surface area contributed by atoms with Crippen LogP contribution in [-0.4, -0.2) is 40.3 Å². The summed E-state index contributed by atoms with van der Waals surface area (Å²) in [5.74, 6) is 0.282. The van der Waals surface area contributed by atoms with Gasteiger partial charge >= 0.3 is 0 Å². The highest BCUT2D eigenvalue weighted by atomic mass is 32.2. The van der Waals surface area contributed by atoms with Crippen molar-refractivity contribution in [3.8, 4) is 0 Å². The van der Waals surface area contributed by atoms with Crippen LogP contribution in [0.2, 0.25) is 0 Å². The predicted octanol–water partition coefficient (Wildman–Crippen LogP) is 2.10. The van der Waals surface area contributed by atoms with E-state index >= 15 is 0 Å². The summed E-state index contributed by atoms with van der Waals surface area (Å²) in [6.07, 6.45) is 0. The number of anilines is 1. The summed E-state index contributed by atoms with van der Waals surface area (Å²) in [7, 11) is 0. The van der Waals surface area contributed by atoms with Crippen LogP contribution in [0.1, 0.15) is 6.92 Å². The van der Waals surface area contributed by atoms with Crippen LogP contribution < -0.4 is 10.6 Å². The molecule has 1 unspecified atom stereocenters. The van der Waals surface area contributed by atoms with Gasteiger partial charge in [0.2, 0.25) is 11.8 Å². The molecule has 2 amide bonds. The van der Waals surface area contributed by atoms with Crippen LogP contribution in [0.25, 0.3) is 0 Å². The SMILES string of the molecule is CC(SCC(=O)Nc1ccc(F)cc1)C(=O)NC1=NCCS1. The van der Waals surface area contributed by atoms with Gasteiger partial charge in [-0.25, -0.2) is 4.39 Å². The molecule has 118 valence electrons. The average Bonchev–Trinajstić information content (AvgIpc) is 3.00. The Kier molecular flexibility index (Phi) is 6.26. The molecule has 8 heteroatoms. The second kappa shape index (κ2) is 8.19. The number of carbonyl (C=O) groups excluding carboxylic acids is 2. The van der Waals surface area contributed by atoms with Gasteiger partial charge in [0.05, 0.1) is 17.5 Å². The normalized spacial score (nSPS) is 15.1. The number of aliphatic imine (C=N–C) groups is 1. The quantitative estimate of drug-likeness (QED) is 0.860. The monoisotopic (exact) mass is 341 g/mol. The molecule has 1 atom stereocenters. The standard InChI is InChI=1S/C14H16FN3O2S2/c1-9(13(20)18-14-16-6-7-21-14)22-8-12(19)17-11-4-2-10(15)3-5-11/h2-5,9H,6-8H2,1H3,(H,17,19)(H,16,18,20). The van der Waals surface area contributed by atoms with Gasteiger partial charge in [0, 0.05) is 11.4 Å². The second-order valence-corrected chi connectivity index (χ2v) is 6.95. The number of amidine groups is 1. The Labute approximate surface area is 136 Å². The van der Waals surface area contributed by atoms with Crippen LogP contribution in [0.5, 0.6) is 0 Å². The van der Waals surface area contributed by atoms with E-state index in [1.807, 2.05) is 0 Å². The van der Waals surface area contributed by atoms with E-state index in [0.29, 0.717) is 10.9 Å². The molecule has 2 N–H and O–H groups in total. The highest BCUT2D eigenvalue weighted by molar-refractivity contribution is 8.14. The third-order valence-electron chi connectivity index (χ3n) is 2.78. The molecule has 0 saturated heterocycles. The number of carbonyl (C=O) groups is 2. The van der Waals surface area contributed by atoms with E-state index < -0.39 is 0 Å². The molecule has 1 aliphatic heterocycles. The summed E-state index contributed by atoms with van der Waals surface area (Å²) in [5.41, 5.74) is 0.529. The first kappa shape index (κ1) is 16.8. The number of benzene rings is 1. The van der Waals surface area contributed by atoms with Crippen molar-refractivity contribution in [2.45, 2.75) is 12.2 Å². The van der Waals surface area contributed by atoms with Crippen LogP contribution in [0.3, 0.4) is 0 Å². The van der Waals surface area contributed by atoms with E-state index in [0.717, 1.165) is 12.3 Å². The Morgan fingerprint density at radius 1 is 1.36 bits per heavy atom. The van der Waals surface area contributed by atoms with Crippen molar-refractivity contribution in [3.05, 3.63) is 30.1 Å². The zero-order valence-electron chi connectivity index (χ0n) is 12.0. The lowest BCUT2D eigenvalue weighted by molar-refractivity contribution is -0.118. The van der Waals surface area contributed by atoms with Gasteiger partial charge in [0.15, 0.2) is 5.17 Å². The summed E-state index contributed by atoms with van der Waals surface area (Å²) in [6, 6.07) is 5.53. The van der Waals surface area contributed by atoms with Gasteiger partial charge in [-0.1, -0.05) is 11.8 Å². The van der Waals surface area contributed by atoms with Gasteiger partial charge in [-0.2, -0.15) is 0 Å². The Morgan fingerprint density at radius 3 is 2.73 bits per heavy atom. The van der Waals surface area contributed by atoms with Crippen molar-refractivity contribution < 1.29 is 14.0 Å². The van der Waals surface area contributed by atoms with Gasteiger partial charge in [0.25, 0.3) is 0 Å². The maximum atomic E-state index is 12.8.